The molecule has 0 aliphatic heterocycles. The molecule has 0 bridgehead atoms. The molecule has 0 atom stereocenters. The molecule has 132 valence electrons. The Balaban J connectivity index is 2.78. The van der Waals surface area contributed by atoms with Crippen molar-refractivity contribution in [3.05, 3.63) is 42.5 Å². The van der Waals surface area contributed by atoms with Gasteiger partial charge in [-0.3, -0.25) is 9.59 Å². The molecule has 0 aromatic heterocycles. The maximum Gasteiger partial charge on any atom is 0.253 e. The van der Waals surface area contributed by atoms with Gasteiger partial charge in [0.05, 0.1) is 11.0 Å². The molecule has 1 aromatic carbocycles. The highest BCUT2D eigenvalue weighted by Crippen LogP contribution is 2.15. The Morgan fingerprint density at radius 1 is 1.17 bits per heavy atom. The minimum absolute atomic E-state index is 0.0679. The molecule has 24 heavy (non-hydrogen) atoms. The van der Waals surface area contributed by atoms with Crippen LogP contribution in [0.25, 0.3) is 0 Å². The first-order valence-corrected chi connectivity index (χ1v) is 9.29. The Kier molecular flexibility index (Phi) is 6.71. The number of sulfone groups is 1. The first-order valence-electron chi connectivity index (χ1n) is 7.57. The molecule has 1 aromatic rings. The molecule has 0 radical (unpaired) electrons. The van der Waals surface area contributed by atoms with Crippen LogP contribution in [-0.4, -0.2) is 56.8 Å². The third-order valence-corrected chi connectivity index (χ3v) is 5.97. The van der Waals surface area contributed by atoms with Crippen LogP contribution >= 0.6 is 0 Å². The van der Waals surface area contributed by atoms with Gasteiger partial charge in [0.1, 0.15) is 0 Å². The second-order valence-corrected chi connectivity index (χ2v) is 8.47. The zero-order valence-corrected chi connectivity index (χ0v) is 15.3. The van der Waals surface area contributed by atoms with E-state index in [2.05, 4.69) is 6.58 Å². The molecular weight excluding hydrogens is 328 g/mol. The van der Waals surface area contributed by atoms with Gasteiger partial charge in [-0.25, -0.2) is 8.42 Å². The Morgan fingerprint density at radius 2 is 1.71 bits per heavy atom. The third-order valence-electron chi connectivity index (χ3n) is 3.78. The molecule has 0 heterocycles. The van der Waals surface area contributed by atoms with Gasteiger partial charge in [0.25, 0.3) is 5.91 Å². The van der Waals surface area contributed by atoms with Crippen LogP contribution in [0.1, 0.15) is 24.2 Å². The van der Waals surface area contributed by atoms with Gasteiger partial charge >= 0.3 is 0 Å². The topological polar surface area (TPSA) is 74.8 Å². The van der Waals surface area contributed by atoms with E-state index >= 15 is 0 Å². The summed E-state index contributed by atoms with van der Waals surface area (Å²) in [5.74, 6) is -0.579. The number of carbonyl (C=O) groups excluding carboxylic acids is 2. The van der Waals surface area contributed by atoms with Crippen LogP contribution in [0.3, 0.4) is 0 Å². The van der Waals surface area contributed by atoms with E-state index in [4.69, 9.17) is 0 Å². The maximum atomic E-state index is 12.3. The van der Waals surface area contributed by atoms with E-state index in [1.165, 1.54) is 15.9 Å². The van der Waals surface area contributed by atoms with Crippen LogP contribution in [0.15, 0.2) is 36.9 Å². The molecule has 0 saturated heterocycles. The zero-order valence-electron chi connectivity index (χ0n) is 14.5. The predicted molar refractivity (Wildman–Crippen MR) is 95.9 cm³/mol. The van der Waals surface area contributed by atoms with Gasteiger partial charge in [0.15, 0.2) is 9.84 Å². The highest BCUT2D eigenvalue weighted by Gasteiger charge is 2.19. The molecule has 0 spiro atoms. The lowest BCUT2D eigenvalue weighted by Gasteiger charge is -2.19. The third kappa shape index (κ3) is 4.92. The molecule has 0 N–H and O–H groups in total. The van der Waals surface area contributed by atoms with Crippen LogP contribution < -0.4 is 4.90 Å². The van der Waals surface area contributed by atoms with Crippen molar-refractivity contribution < 1.29 is 18.0 Å². The van der Waals surface area contributed by atoms with Gasteiger partial charge in [0.2, 0.25) is 5.91 Å². The van der Waals surface area contributed by atoms with E-state index in [9.17, 15) is 18.0 Å². The molecule has 6 nitrogen and oxygen atoms in total. The van der Waals surface area contributed by atoms with Gasteiger partial charge in [-0.1, -0.05) is 6.58 Å². The first kappa shape index (κ1) is 19.9. The van der Waals surface area contributed by atoms with E-state index in [1.807, 2.05) is 0 Å². The van der Waals surface area contributed by atoms with Crippen molar-refractivity contribution in [1.29, 1.82) is 0 Å². The molecular formula is C17H24N2O4S. The summed E-state index contributed by atoms with van der Waals surface area (Å²) in [6, 6.07) is 6.54. The van der Waals surface area contributed by atoms with Crippen molar-refractivity contribution in [2.45, 2.75) is 19.1 Å². The number of carbonyl (C=O) groups is 2. The summed E-state index contributed by atoms with van der Waals surface area (Å²) in [5, 5.41) is -0.460. The van der Waals surface area contributed by atoms with Gasteiger partial charge in [-0.05, 0) is 44.2 Å². The van der Waals surface area contributed by atoms with E-state index in [-0.39, 0.29) is 24.1 Å². The van der Waals surface area contributed by atoms with Gasteiger partial charge in [-0.15, -0.1) is 0 Å². The standard InChI is InChI=1S/C17H24N2O4S/c1-6-16(20)19(5)15-9-7-14(8-10-15)17(21)18(4)11-12-24(22,23)13(2)3/h6-10,13H,1,11-12H2,2-5H3. The quantitative estimate of drug-likeness (QED) is 0.701. The lowest BCUT2D eigenvalue weighted by molar-refractivity contribution is -0.113. The summed E-state index contributed by atoms with van der Waals surface area (Å²) in [6.07, 6.45) is 1.21. The van der Waals surface area contributed by atoms with Crippen molar-refractivity contribution in [3.63, 3.8) is 0 Å². The fourth-order valence-corrected chi connectivity index (χ4v) is 2.91. The number of anilines is 1. The number of likely N-dealkylation sites (N-methyl/N-ethyl adjacent to an activating group) is 1. The van der Waals surface area contributed by atoms with E-state index in [0.29, 0.717) is 11.3 Å². The smallest absolute Gasteiger partial charge is 0.253 e. The Hall–Kier alpha value is -2.15. The minimum Gasteiger partial charge on any atom is -0.341 e. The summed E-state index contributed by atoms with van der Waals surface area (Å²) < 4.78 is 23.6. The molecule has 0 unspecified atom stereocenters. The summed E-state index contributed by atoms with van der Waals surface area (Å²) in [6.45, 7) is 6.81. The van der Waals surface area contributed by atoms with Crippen molar-refractivity contribution >= 4 is 27.3 Å². The average Bonchev–Trinajstić information content (AvgIpc) is 2.57. The fraction of sp³-hybridized carbons (Fsp3) is 0.412. The summed E-state index contributed by atoms with van der Waals surface area (Å²) in [7, 11) is -0.00310. The van der Waals surface area contributed by atoms with Crippen molar-refractivity contribution in [3.8, 4) is 0 Å². The van der Waals surface area contributed by atoms with Crippen molar-refractivity contribution in [2.24, 2.45) is 0 Å². The van der Waals surface area contributed by atoms with Crippen LogP contribution in [0.2, 0.25) is 0 Å². The van der Waals surface area contributed by atoms with E-state index in [0.717, 1.165) is 0 Å². The molecule has 0 fully saturated rings. The number of amides is 2. The summed E-state index contributed by atoms with van der Waals surface area (Å²) in [4.78, 5) is 26.7. The SMILES string of the molecule is C=CC(=O)N(C)c1ccc(C(=O)N(C)CCS(=O)(=O)C(C)C)cc1. The largest absolute Gasteiger partial charge is 0.341 e. The Morgan fingerprint density at radius 3 is 2.17 bits per heavy atom. The Labute approximate surface area is 143 Å². The number of rotatable bonds is 7. The van der Waals surface area contributed by atoms with Gasteiger partial charge in [0, 0.05) is 31.9 Å². The monoisotopic (exact) mass is 352 g/mol. The first-order chi connectivity index (χ1) is 11.1. The van der Waals surface area contributed by atoms with Crippen LogP contribution in [-0.2, 0) is 14.6 Å². The highest BCUT2D eigenvalue weighted by molar-refractivity contribution is 7.92. The van der Waals surface area contributed by atoms with E-state index in [1.54, 1.807) is 52.2 Å². The summed E-state index contributed by atoms with van der Waals surface area (Å²) >= 11 is 0. The molecule has 1 rings (SSSR count). The van der Waals surface area contributed by atoms with Crippen molar-refractivity contribution in [1.82, 2.24) is 4.90 Å². The number of benzene rings is 1. The molecule has 0 saturated carbocycles. The molecule has 0 aliphatic rings. The lowest BCUT2D eigenvalue weighted by atomic mass is 10.1. The average molecular weight is 352 g/mol. The molecule has 2 amide bonds. The minimum atomic E-state index is -3.19. The lowest BCUT2D eigenvalue weighted by Crippen LogP contribution is -2.33. The van der Waals surface area contributed by atoms with Crippen molar-refractivity contribution in [2.75, 3.05) is 31.3 Å². The number of hydrogen-bond acceptors (Lipinski definition) is 4. The second-order valence-electron chi connectivity index (χ2n) is 5.79. The maximum absolute atomic E-state index is 12.3. The normalized spacial score (nSPS) is 11.2. The van der Waals surface area contributed by atoms with Crippen LogP contribution in [0.4, 0.5) is 5.69 Å². The Bertz CT molecular complexity index is 709. The highest BCUT2D eigenvalue weighted by atomic mass is 32.2. The predicted octanol–water partition coefficient (Wildman–Crippen LogP) is 1.73. The number of nitrogens with zero attached hydrogens (tertiary/aromatic N) is 2. The second kappa shape index (κ2) is 8.10. The summed E-state index contributed by atoms with van der Waals surface area (Å²) in [5.41, 5.74) is 1.07. The fourth-order valence-electron chi connectivity index (χ4n) is 1.91. The molecule has 0 aliphatic carbocycles. The number of hydrogen-bond donors (Lipinski definition) is 0. The van der Waals surface area contributed by atoms with Gasteiger partial charge < -0.3 is 9.80 Å². The van der Waals surface area contributed by atoms with Gasteiger partial charge in [-0.2, -0.15) is 0 Å². The van der Waals surface area contributed by atoms with Crippen LogP contribution in [0, 0.1) is 0 Å². The van der Waals surface area contributed by atoms with Crippen LogP contribution in [0.5, 0.6) is 0 Å². The molecule has 7 heteroatoms. The van der Waals surface area contributed by atoms with E-state index < -0.39 is 15.1 Å². The zero-order chi connectivity index (χ0) is 18.5.